The number of esters is 1. The average Bonchev–Trinajstić information content (AvgIpc) is 3.24. The van der Waals surface area contributed by atoms with E-state index in [-0.39, 0.29) is 5.92 Å². The van der Waals surface area contributed by atoms with Crippen molar-refractivity contribution >= 4 is 5.97 Å². The van der Waals surface area contributed by atoms with Crippen LogP contribution in [0.3, 0.4) is 0 Å². The molecule has 0 aromatic carbocycles. The number of aryl methyl sites for hydroxylation is 1. The van der Waals surface area contributed by atoms with Crippen LogP contribution in [0.15, 0.2) is 49.4 Å². The molecule has 1 atom stereocenters. The van der Waals surface area contributed by atoms with Gasteiger partial charge in [0.15, 0.2) is 6.10 Å². The molecular weight excluding hydrogens is 306 g/mol. The van der Waals surface area contributed by atoms with Gasteiger partial charge in [0.05, 0.1) is 5.56 Å². The lowest BCUT2D eigenvalue weighted by Gasteiger charge is -2.21. The molecule has 0 radical (unpaired) electrons. The Bertz CT molecular complexity index is 806. The Morgan fingerprint density at radius 2 is 2.00 bits per heavy atom. The van der Waals surface area contributed by atoms with Crippen molar-refractivity contribution in [3.63, 3.8) is 0 Å². The minimum atomic E-state index is -0.415. The molecule has 0 aliphatic heterocycles. The number of hydrogen-bond donors (Lipinski definition) is 0. The lowest BCUT2D eigenvalue weighted by atomic mass is 10.1. The molecule has 7 nitrogen and oxygen atoms in total. The van der Waals surface area contributed by atoms with Crippen LogP contribution in [0.1, 0.15) is 36.1 Å². The van der Waals surface area contributed by atoms with Crippen molar-refractivity contribution in [1.29, 1.82) is 0 Å². The molecule has 3 aromatic rings. The van der Waals surface area contributed by atoms with E-state index >= 15 is 0 Å². The van der Waals surface area contributed by atoms with Gasteiger partial charge < -0.3 is 9.30 Å². The van der Waals surface area contributed by atoms with Crippen LogP contribution in [0.4, 0.5) is 0 Å². The summed E-state index contributed by atoms with van der Waals surface area (Å²) in [5.74, 6) is 1.10. The molecule has 0 saturated heterocycles. The molecule has 0 N–H and O–H groups in total. The van der Waals surface area contributed by atoms with Gasteiger partial charge in [-0.2, -0.15) is 0 Å². The quantitative estimate of drug-likeness (QED) is 0.674. The van der Waals surface area contributed by atoms with Gasteiger partial charge in [-0.25, -0.2) is 19.7 Å². The fraction of sp³-hybridized carbons (Fsp3) is 0.294. The highest BCUT2D eigenvalue weighted by molar-refractivity contribution is 5.89. The summed E-state index contributed by atoms with van der Waals surface area (Å²) in [5, 5.41) is 0. The molecule has 7 heteroatoms. The number of aromatic nitrogens is 5. The first kappa shape index (κ1) is 15.9. The Kier molecular flexibility index (Phi) is 4.41. The summed E-state index contributed by atoms with van der Waals surface area (Å²) in [6.07, 6.45) is 9.73. The molecule has 124 valence electrons. The van der Waals surface area contributed by atoms with Crippen molar-refractivity contribution in [1.82, 2.24) is 24.1 Å². The number of hydrogen-bond acceptors (Lipinski definition) is 5. The highest BCUT2D eigenvalue weighted by atomic mass is 16.5. The number of pyridine rings is 1. The standard InChI is InChI=1S/C17H19N5O2/c1-12(2)15(16-19-7-8-21(16)3)24-17(23)13-4-5-14(20-10-13)22-9-6-18-11-22/h4-12,15H,1-3H3. The van der Waals surface area contributed by atoms with Gasteiger partial charge in [-0.3, -0.25) is 4.57 Å². The highest BCUT2D eigenvalue weighted by Gasteiger charge is 2.25. The van der Waals surface area contributed by atoms with Crippen molar-refractivity contribution in [2.75, 3.05) is 0 Å². The second-order valence-electron chi connectivity index (χ2n) is 5.84. The SMILES string of the molecule is CC(C)C(OC(=O)c1ccc(-n2ccnc2)nc1)c1nccn1C. The van der Waals surface area contributed by atoms with Crippen molar-refractivity contribution in [3.8, 4) is 5.82 Å². The number of rotatable bonds is 5. The second-order valence-corrected chi connectivity index (χ2v) is 5.84. The summed E-state index contributed by atoms with van der Waals surface area (Å²) in [7, 11) is 1.88. The van der Waals surface area contributed by atoms with E-state index in [1.165, 1.54) is 6.20 Å². The summed E-state index contributed by atoms with van der Waals surface area (Å²) in [4.78, 5) is 25.0. The molecule has 0 spiro atoms. The summed E-state index contributed by atoms with van der Waals surface area (Å²) in [6.45, 7) is 3.99. The maximum absolute atomic E-state index is 12.4. The highest BCUT2D eigenvalue weighted by Crippen LogP contribution is 2.25. The average molecular weight is 325 g/mol. The van der Waals surface area contributed by atoms with Gasteiger partial charge in [0.25, 0.3) is 0 Å². The predicted molar refractivity (Wildman–Crippen MR) is 87.6 cm³/mol. The molecule has 0 bridgehead atoms. The van der Waals surface area contributed by atoms with Crippen molar-refractivity contribution < 1.29 is 9.53 Å². The monoisotopic (exact) mass is 325 g/mol. The number of nitrogens with zero attached hydrogens (tertiary/aromatic N) is 5. The second kappa shape index (κ2) is 6.66. The van der Waals surface area contributed by atoms with Gasteiger partial charge in [0.1, 0.15) is 18.0 Å². The normalized spacial score (nSPS) is 12.3. The number of imidazole rings is 2. The molecule has 0 saturated carbocycles. The third-order valence-corrected chi connectivity index (χ3v) is 3.70. The van der Waals surface area contributed by atoms with E-state index in [1.807, 2.05) is 31.7 Å². The number of ether oxygens (including phenoxy) is 1. The molecule has 3 heterocycles. The largest absolute Gasteiger partial charge is 0.450 e. The van der Waals surface area contributed by atoms with Gasteiger partial charge in [-0.15, -0.1) is 0 Å². The molecule has 1 unspecified atom stereocenters. The van der Waals surface area contributed by atoms with E-state index < -0.39 is 12.1 Å². The van der Waals surface area contributed by atoms with Gasteiger partial charge >= 0.3 is 5.97 Å². The van der Waals surface area contributed by atoms with E-state index in [4.69, 9.17) is 4.74 Å². The predicted octanol–water partition coefficient (Wildman–Crippen LogP) is 2.55. The lowest BCUT2D eigenvalue weighted by molar-refractivity contribution is 0.0141. The molecule has 0 amide bonds. The van der Waals surface area contributed by atoms with Crippen LogP contribution >= 0.6 is 0 Å². The van der Waals surface area contributed by atoms with Gasteiger partial charge in [0, 0.05) is 38.0 Å². The molecule has 0 aliphatic carbocycles. The maximum Gasteiger partial charge on any atom is 0.340 e. The van der Waals surface area contributed by atoms with E-state index in [0.717, 1.165) is 5.82 Å². The van der Waals surface area contributed by atoms with E-state index in [1.54, 1.807) is 41.6 Å². The maximum atomic E-state index is 12.4. The first-order chi connectivity index (χ1) is 11.6. The smallest absolute Gasteiger partial charge is 0.340 e. The number of carbonyl (C=O) groups is 1. The summed E-state index contributed by atoms with van der Waals surface area (Å²) < 4.78 is 9.30. The van der Waals surface area contributed by atoms with Crippen LogP contribution in [0, 0.1) is 5.92 Å². The first-order valence-electron chi connectivity index (χ1n) is 7.69. The Balaban J connectivity index is 1.77. The first-order valence-corrected chi connectivity index (χ1v) is 7.69. The summed E-state index contributed by atoms with van der Waals surface area (Å²) in [6, 6.07) is 3.45. The van der Waals surface area contributed by atoms with Crippen LogP contribution in [0.5, 0.6) is 0 Å². The molecule has 3 aromatic heterocycles. The Morgan fingerprint density at radius 1 is 1.17 bits per heavy atom. The van der Waals surface area contributed by atoms with Gasteiger partial charge in [-0.1, -0.05) is 13.8 Å². The van der Waals surface area contributed by atoms with Crippen molar-refractivity contribution in [2.24, 2.45) is 13.0 Å². The zero-order valence-electron chi connectivity index (χ0n) is 13.8. The Hall–Kier alpha value is -2.96. The lowest BCUT2D eigenvalue weighted by Crippen LogP contribution is -2.19. The zero-order chi connectivity index (χ0) is 17.1. The Labute approximate surface area is 140 Å². The fourth-order valence-electron chi connectivity index (χ4n) is 2.38. The molecule has 0 aliphatic rings. The molecule has 24 heavy (non-hydrogen) atoms. The molecule has 0 fully saturated rings. The van der Waals surface area contributed by atoms with Crippen molar-refractivity contribution in [2.45, 2.75) is 20.0 Å². The molecule has 3 rings (SSSR count). The van der Waals surface area contributed by atoms with E-state index in [9.17, 15) is 4.79 Å². The summed E-state index contributed by atoms with van der Waals surface area (Å²) in [5.41, 5.74) is 0.402. The topological polar surface area (TPSA) is 74.8 Å². The molecular formula is C17H19N5O2. The van der Waals surface area contributed by atoms with Gasteiger partial charge in [-0.05, 0) is 18.1 Å². The fourth-order valence-corrected chi connectivity index (χ4v) is 2.38. The van der Waals surface area contributed by atoms with Gasteiger partial charge in [0.2, 0.25) is 0 Å². The van der Waals surface area contributed by atoms with E-state index in [0.29, 0.717) is 11.4 Å². The Morgan fingerprint density at radius 3 is 2.54 bits per heavy atom. The van der Waals surface area contributed by atoms with Crippen LogP contribution in [-0.2, 0) is 11.8 Å². The van der Waals surface area contributed by atoms with Crippen LogP contribution in [0.25, 0.3) is 5.82 Å². The van der Waals surface area contributed by atoms with Crippen LogP contribution in [0.2, 0.25) is 0 Å². The third kappa shape index (κ3) is 3.19. The van der Waals surface area contributed by atoms with Crippen molar-refractivity contribution in [3.05, 3.63) is 60.8 Å². The third-order valence-electron chi connectivity index (χ3n) is 3.70. The number of carbonyl (C=O) groups excluding carboxylic acids is 1. The minimum Gasteiger partial charge on any atom is -0.450 e. The van der Waals surface area contributed by atoms with Crippen LogP contribution in [-0.4, -0.2) is 30.1 Å². The van der Waals surface area contributed by atoms with Crippen LogP contribution < -0.4 is 0 Å². The zero-order valence-corrected chi connectivity index (χ0v) is 13.8. The minimum absolute atomic E-state index is 0.105. The van der Waals surface area contributed by atoms with E-state index in [2.05, 4.69) is 15.0 Å². The summed E-state index contributed by atoms with van der Waals surface area (Å²) >= 11 is 0.